The van der Waals surface area contributed by atoms with Crippen molar-refractivity contribution < 1.29 is 19.1 Å². The van der Waals surface area contributed by atoms with E-state index in [2.05, 4.69) is 15.3 Å². The van der Waals surface area contributed by atoms with Crippen LogP contribution in [0, 0.1) is 17.1 Å². The maximum atomic E-state index is 16.2. The van der Waals surface area contributed by atoms with E-state index in [0.717, 1.165) is 4.90 Å². The zero-order valence-corrected chi connectivity index (χ0v) is 20.1. The number of nitrogens with one attached hydrogen (secondary N) is 1. The molecule has 2 aromatic carbocycles. The Morgan fingerprint density at radius 3 is 2.74 bits per heavy atom. The predicted molar refractivity (Wildman–Crippen MR) is 128 cm³/mol. The zero-order valence-electron chi connectivity index (χ0n) is 19.3. The molecule has 1 fully saturated rings. The summed E-state index contributed by atoms with van der Waals surface area (Å²) in [6.07, 6.45) is -1.62. The normalized spacial score (nSPS) is 19.1. The standard InChI is InChI=1S/C23H21ClFN7O3/c1-23(10-18(33)31(4)20(29-23)28-22(34)35)13-6-5-7-16(19(13)25)32-17-9-14(24)12(11-26)8-15(17)27-21(32)30(2)3/h5-9H,10H2,1-4H3,(H,28,29)(H,34,35)/t23-/m0/s1. The van der Waals surface area contributed by atoms with Crippen molar-refractivity contribution in [1.29, 1.82) is 5.26 Å². The second kappa shape index (κ2) is 8.56. The number of nitriles is 1. The number of carboxylic acid groups (broad SMARTS) is 1. The molecule has 180 valence electrons. The van der Waals surface area contributed by atoms with Gasteiger partial charge in [-0.2, -0.15) is 5.26 Å². The Kier molecular flexibility index (Phi) is 5.86. The third-order valence-corrected chi connectivity index (χ3v) is 6.16. The summed E-state index contributed by atoms with van der Waals surface area (Å²) in [4.78, 5) is 34.6. The van der Waals surface area contributed by atoms with E-state index in [1.54, 1.807) is 48.7 Å². The van der Waals surface area contributed by atoms with Gasteiger partial charge in [-0.15, -0.1) is 4.99 Å². The average Bonchev–Trinajstić information content (AvgIpc) is 3.14. The molecule has 1 aliphatic rings. The summed E-state index contributed by atoms with van der Waals surface area (Å²) in [5.41, 5.74) is 0.184. The van der Waals surface area contributed by atoms with Crippen molar-refractivity contribution in [1.82, 2.24) is 19.8 Å². The minimum absolute atomic E-state index is 0.134. The fourth-order valence-electron chi connectivity index (χ4n) is 4.10. The van der Waals surface area contributed by atoms with E-state index in [-0.39, 0.29) is 34.2 Å². The number of benzene rings is 2. The van der Waals surface area contributed by atoms with Crippen LogP contribution in [0.5, 0.6) is 0 Å². The first-order valence-electron chi connectivity index (χ1n) is 10.4. The molecule has 2 heterocycles. The number of anilines is 1. The third kappa shape index (κ3) is 4.02. The van der Waals surface area contributed by atoms with Gasteiger partial charge in [-0.25, -0.2) is 14.2 Å². The van der Waals surface area contributed by atoms with Crippen molar-refractivity contribution in [3.05, 3.63) is 52.3 Å². The first-order chi connectivity index (χ1) is 16.5. The van der Waals surface area contributed by atoms with E-state index in [9.17, 15) is 14.9 Å². The first-order valence-corrected chi connectivity index (χ1v) is 10.8. The highest BCUT2D eigenvalue weighted by Gasteiger charge is 2.41. The summed E-state index contributed by atoms with van der Waals surface area (Å²) in [5, 5.41) is 21.5. The molecule has 10 nitrogen and oxygen atoms in total. The fraction of sp³-hybridized carbons (Fsp3) is 0.261. The van der Waals surface area contributed by atoms with Crippen LogP contribution in [0.1, 0.15) is 24.5 Å². The molecule has 1 saturated heterocycles. The van der Waals surface area contributed by atoms with Gasteiger partial charge >= 0.3 is 6.09 Å². The lowest BCUT2D eigenvalue weighted by molar-refractivity contribution is -0.129. The number of aliphatic imine (C=N–C) groups is 1. The molecule has 3 aromatic rings. The van der Waals surface area contributed by atoms with E-state index in [4.69, 9.17) is 16.7 Å². The summed E-state index contributed by atoms with van der Waals surface area (Å²) < 4.78 is 17.8. The summed E-state index contributed by atoms with van der Waals surface area (Å²) in [6.45, 7) is 1.60. The summed E-state index contributed by atoms with van der Waals surface area (Å²) in [7, 11) is 4.89. The largest absolute Gasteiger partial charge is 0.463 e. The Morgan fingerprint density at radius 2 is 2.11 bits per heavy atom. The molecule has 0 aliphatic carbocycles. The van der Waals surface area contributed by atoms with Gasteiger partial charge in [0.1, 0.15) is 6.07 Å². The van der Waals surface area contributed by atoms with Crippen LogP contribution in [0.3, 0.4) is 0 Å². The van der Waals surface area contributed by atoms with Crippen LogP contribution >= 0.6 is 11.6 Å². The molecule has 0 unspecified atom stereocenters. The van der Waals surface area contributed by atoms with Crippen LogP contribution in [0.4, 0.5) is 15.1 Å². The van der Waals surface area contributed by atoms with Crippen LogP contribution in [-0.4, -0.2) is 58.7 Å². The second-order valence-corrected chi connectivity index (χ2v) is 8.92. The maximum absolute atomic E-state index is 16.2. The molecule has 0 saturated carbocycles. The highest BCUT2D eigenvalue weighted by molar-refractivity contribution is 6.32. The van der Waals surface area contributed by atoms with Gasteiger partial charge in [0.2, 0.25) is 17.8 Å². The fourth-order valence-corrected chi connectivity index (χ4v) is 4.30. The van der Waals surface area contributed by atoms with Crippen molar-refractivity contribution in [3.8, 4) is 11.8 Å². The van der Waals surface area contributed by atoms with Gasteiger partial charge in [0.25, 0.3) is 0 Å². The third-order valence-electron chi connectivity index (χ3n) is 5.85. The maximum Gasteiger partial charge on any atom is 0.434 e. The van der Waals surface area contributed by atoms with Crippen molar-refractivity contribution in [2.24, 2.45) is 4.99 Å². The minimum atomic E-state index is -1.49. The monoisotopic (exact) mass is 497 g/mol. The number of carbonyl (C=O) groups is 2. The van der Waals surface area contributed by atoms with Gasteiger partial charge in [-0.05, 0) is 25.1 Å². The summed E-state index contributed by atoms with van der Waals surface area (Å²) in [6, 6.07) is 9.82. The summed E-state index contributed by atoms with van der Waals surface area (Å²) in [5.74, 6) is -0.863. The van der Waals surface area contributed by atoms with Crippen LogP contribution < -0.4 is 10.2 Å². The smallest absolute Gasteiger partial charge is 0.434 e. The van der Waals surface area contributed by atoms with E-state index in [1.807, 2.05) is 6.07 Å². The number of imidazole rings is 1. The SMILES string of the molecule is CN1C(=O)C[C@@](C)(c2cccc(-n3c(N(C)C)nc4cc(C#N)c(Cl)cc43)c2F)N/C1=N/C(=O)O. The van der Waals surface area contributed by atoms with Crippen LogP contribution in [0.15, 0.2) is 35.3 Å². The number of guanidine groups is 1. The molecule has 12 heteroatoms. The number of hydrogen-bond donors (Lipinski definition) is 2. The molecule has 4 rings (SSSR count). The second-order valence-electron chi connectivity index (χ2n) is 8.52. The van der Waals surface area contributed by atoms with Gasteiger partial charge in [0.05, 0.1) is 39.3 Å². The van der Waals surface area contributed by atoms with Crippen molar-refractivity contribution in [3.63, 3.8) is 0 Å². The lowest BCUT2D eigenvalue weighted by Crippen LogP contribution is -2.59. The van der Waals surface area contributed by atoms with Gasteiger partial charge in [0, 0.05) is 26.7 Å². The highest BCUT2D eigenvalue weighted by Crippen LogP contribution is 2.36. The Labute approximate surface area is 204 Å². The molecular formula is C23H21ClFN7O3. The molecule has 0 radical (unpaired) electrons. The molecule has 1 aromatic heterocycles. The zero-order chi connectivity index (χ0) is 25.7. The lowest BCUT2D eigenvalue weighted by Gasteiger charge is -2.40. The lowest BCUT2D eigenvalue weighted by atomic mass is 9.86. The highest BCUT2D eigenvalue weighted by atomic mass is 35.5. The summed E-state index contributed by atoms with van der Waals surface area (Å²) >= 11 is 6.27. The Hall–Kier alpha value is -4.17. The Bertz CT molecular complexity index is 1460. The number of hydrogen-bond acceptors (Lipinski definition) is 5. The topological polar surface area (TPSA) is 127 Å². The van der Waals surface area contributed by atoms with E-state index >= 15 is 4.39 Å². The molecule has 0 bridgehead atoms. The van der Waals surface area contributed by atoms with Crippen LogP contribution in [0.25, 0.3) is 16.7 Å². The molecule has 1 atom stereocenters. The molecule has 2 amide bonds. The number of rotatable bonds is 3. The van der Waals surface area contributed by atoms with Gasteiger partial charge in [-0.1, -0.05) is 23.7 Å². The number of nitrogens with zero attached hydrogens (tertiary/aromatic N) is 6. The van der Waals surface area contributed by atoms with Crippen molar-refractivity contribution >= 4 is 46.5 Å². The van der Waals surface area contributed by atoms with Gasteiger partial charge < -0.3 is 15.3 Å². The number of amides is 2. The van der Waals surface area contributed by atoms with E-state index in [1.165, 1.54) is 19.2 Å². The number of aromatic nitrogens is 2. The van der Waals surface area contributed by atoms with Crippen molar-refractivity contribution in [2.45, 2.75) is 18.9 Å². The minimum Gasteiger partial charge on any atom is -0.463 e. The molecule has 35 heavy (non-hydrogen) atoms. The molecule has 1 aliphatic heterocycles. The van der Waals surface area contributed by atoms with Crippen LogP contribution in [-0.2, 0) is 10.3 Å². The number of fused-ring (bicyclic) bond motifs is 1. The average molecular weight is 498 g/mol. The quantitative estimate of drug-likeness (QED) is 0.567. The molecule has 2 N–H and O–H groups in total. The molecule has 0 spiro atoms. The Balaban J connectivity index is 1.93. The van der Waals surface area contributed by atoms with E-state index < -0.39 is 23.4 Å². The van der Waals surface area contributed by atoms with Gasteiger partial charge in [-0.3, -0.25) is 14.3 Å². The van der Waals surface area contributed by atoms with Crippen LogP contribution in [0.2, 0.25) is 5.02 Å². The molecular weight excluding hydrogens is 477 g/mol. The van der Waals surface area contributed by atoms with Gasteiger partial charge in [0.15, 0.2) is 5.82 Å². The number of carbonyl (C=O) groups excluding carboxylic acids is 1. The predicted octanol–water partition coefficient (Wildman–Crippen LogP) is 3.46. The number of halogens is 2. The Morgan fingerprint density at radius 1 is 1.40 bits per heavy atom. The first kappa shape index (κ1) is 24.0. The van der Waals surface area contributed by atoms with E-state index in [0.29, 0.717) is 17.0 Å². The van der Waals surface area contributed by atoms with Crippen molar-refractivity contribution in [2.75, 3.05) is 26.0 Å².